The summed E-state index contributed by atoms with van der Waals surface area (Å²) in [5.74, 6) is 0.416. The van der Waals surface area contributed by atoms with Gasteiger partial charge in [0.1, 0.15) is 17.5 Å². The summed E-state index contributed by atoms with van der Waals surface area (Å²) < 4.78 is 2.56. The predicted molar refractivity (Wildman–Crippen MR) is 69.3 cm³/mol. The number of nitriles is 1. The first kappa shape index (κ1) is 11.7. The van der Waals surface area contributed by atoms with Crippen LogP contribution in [0.1, 0.15) is 16.8 Å². The lowest BCUT2D eigenvalue weighted by Gasteiger charge is -1.98. The van der Waals surface area contributed by atoms with Gasteiger partial charge in [-0.3, -0.25) is 4.68 Å². The maximum Gasteiger partial charge on any atom is 0.139 e. The third-order valence-electron chi connectivity index (χ3n) is 2.56. The molecule has 5 heteroatoms. The minimum Gasteiger partial charge on any atom is -0.383 e. The largest absolute Gasteiger partial charge is 0.383 e. The van der Waals surface area contributed by atoms with E-state index in [0.29, 0.717) is 17.8 Å². The summed E-state index contributed by atoms with van der Waals surface area (Å²) in [4.78, 5) is 0. The molecule has 17 heavy (non-hydrogen) atoms. The van der Waals surface area contributed by atoms with Crippen molar-refractivity contribution in [3.63, 3.8) is 0 Å². The number of halogens is 1. The van der Waals surface area contributed by atoms with E-state index in [2.05, 4.69) is 27.1 Å². The summed E-state index contributed by atoms with van der Waals surface area (Å²) in [7, 11) is 1.74. The molecule has 0 radical (unpaired) electrons. The molecule has 0 amide bonds. The molecule has 0 aliphatic heterocycles. The van der Waals surface area contributed by atoms with Crippen LogP contribution in [0.15, 0.2) is 28.7 Å². The summed E-state index contributed by atoms with van der Waals surface area (Å²) in [6.45, 7) is 0. The molecule has 0 aliphatic carbocycles. The van der Waals surface area contributed by atoms with Crippen molar-refractivity contribution in [1.82, 2.24) is 9.78 Å². The van der Waals surface area contributed by atoms with Crippen LogP contribution in [-0.4, -0.2) is 9.78 Å². The van der Waals surface area contributed by atoms with E-state index in [9.17, 15) is 0 Å². The van der Waals surface area contributed by atoms with Gasteiger partial charge in [-0.05, 0) is 17.7 Å². The third kappa shape index (κ3) is 2.32. The normalized spacial score (nSPS) is 10.2. The molecule has 1 aromatic carbocycles. The lowest BCUT2D eigenvalue weighted by Crippen LogP contribution is -1.98. The standard InChI is InChI=1S/C12H11BrN4/c1-17-12(15)10(7-14)11(16-17)6-8-2-4-9(13)5-3-8/h2-5H,6,15H2,1H3. The van der Waals surface area contributed by atoms with Gasteiger partial charge < -0.3 is 5.73 Å². The van der Waals surface area contributed by atoms with Crippen LogP contribution in [0.25, 0.3) is 0 Å². The van der Waals surface area contributed by atoms with E-state index in [1.807, 2.05) is 24.3 Å². The van der Waals surface area contributed by atoms with Crippen molar-refractivity contribution in [2.45, 2.75) is 6.42 Å². The number of nitrogens with zero attached hydrogens (tertiary/aromatic N) is 3. The van der Waals surface area contributed by atoms with E-state index in [-0.39, 0.29) is 0 Å². The summed E-state index contributed by atoms with van der Waals surface area (Å²) >= 11 is 3.38. The van der Waals surface area contributed by atoms with Crippen LogP contribution in [0.4, 0.5) is 5.82 Å². The van der Waals surface area contributed by atoms with Crippen LogP contribution in [0.5, 0.6) is 0 Å². The molecule has 0 fully saturated rings. The smallest absolute Gasteiger partial charge is 0.139 e. The van der Waals surface area contributed by atoms with Gasteiger partial charge in [0.05, 0.1) is 5.69 Å². The lowest BCUT2D eigenvalue weighted by atomic mass is 10.1. The molecule has 0 atom stereocenters. The van der Waals surface area contributed by atoms with Crippen LogP contribution in [-0.2, 0) is 13.5 Å². The fourth-order valence-corrected chi connectivity index (χ4v) is 1.90. The molecule has 0 unspecified atom stereocenters. The van der Waals surface area contributed by atoms with E-state index >= 15 is 0 Å². The van der Waals surface area contributed by atoms with Gasteiger partial charge >= 0.3 is 0 Å². The Hall–Kier alpha value is -1.80. The van der Waals surface area contributed by atoms with Crippen molar-refractivity contribution < 1.29 is 0 Å². The van der Waals surface area contributed by atoms with Gasteiger partial charge in [0, 0.05) is 17.9 Å². The molecule has 0 spiro atoms. The van der Waals surface area contributed by atoms with Gasteiger partial charge in [-0.2, -0.15) is 10.4 Å². The highest BCUT2D eigenvalue weighted by atomic mass is 79.9. The van der Waals surface area contributed by atoms with Crippen LogP contribution in [0.2, 0.25) is 0 Å². The molecule has 0 saturated heterocycles. The Bertz CT molecular complexity index is 578. The molecule has 4 nitrogen and oxygen atoms in total. The fourth-order valence-electron chi connectivity index (χ4n) is 1.64. The summed E-state index contributed by atoms with van der Waals surface area (Å²) in [5, 5.41) is 13.3. The highest BCUT2D eigenvalue weighted by Gasteiger charge is 2.13. The van der Waals surface area contributed by atoms with Gasteiger partial charge in [0.15, 0.2) is 0 Å². The molecule has 0 bridgehead atoms. The number of anilines is 1. The minimum atomic E-state index is 0.416. The maximum atomic E-state index is 9.04. The molecule has 1 heterocycles. The number of nitrogen functional groups attached to an aromatic ring is 1. The Morgan fingerprint density at radius 1 is 1.41 bits per heavy atom. The predicted octanol–water partition coefficient (Wildman–Crippen LogP) is 2.23. The van der Waals surface area contributed by atoms with E-state index < -0.39 is 0 Å². The Labute approximate surface area is 108 Å². The van der Waals surface area contributed by atoms with Crippen molar-refractivity contribution in [2.75, 3.05) is 5.73 Å². The first-order valence-electron chi connectivity index (χ1n) is 5.07. The average molecular weight is 291 g/mol. The fraction of sp³-hybridized carbons (Fsp3) is 0.167. The zero-order valence-electron chi connectivity index (χ0n) is 9.31. The molecule has 0 saturated carbocycles. The summed E-state index contributed by atoms with van der Waals surface area (Å²) in [6, 6.07) is 10.0. The zero-order chi connectivity index (χ0) is 12.4. The first-order chi connectivity index (χ1) is 8.11. The molecule has 86 valence electrons. The molecule has 2 aromatic rings. The Morgan fingerprint density at radius 3 is 2.65 bits per heavy atom. The second kappa shape index (κ2) is 4.60. The van der Waals surface area contributed by atoms with E-state index in [0.717, 1.165) is 15.7 Å². The van der Waals surface area contributed by atoms with E-state index in [4.69, 9.17) is 11.0 Å². The van der Waals surface area contributed by atoms with Gasteiger partial charge in [0.25, 0.3) is 0 Å². The second-order valence-electron chi connectivity index (χ2n) is 3.75. The highest BCUT2D eigenvalue weighted by molar-refractivity contribution is 9.10. The molecule has 2 N–H and O–H groups in total. The number of hydrogen-bond acceptors (Lipinski definition) is 3. The van der Waals surface area contributed by atoms with E-state index in [1.165, 1.54) is 4.68 Å². The van der Waals surface area contributed by atoms with Gasteiger partial charge in [-0.25, -0.2) is 0 Å². The molecule has 0 aliphatic rings. The number of rotatable bonds is 2. The Morgan fingerprint density at radius 2 is 2.06 bits per heavy atom. The number of aromatic nitrogens is 2. The lowest BCUT2D eigenvalue weighted by molar-refractivity contribution is 0.759. The van der Waals surface area contributed by atoms with Crippen molar-refractivity contribution in [3.8, 4) is 6.07 Å². The van der Waals surface area contributed by atoms with Gasteiger partial charge in [-0.15, -0.1) is 0 Å². The van der Waals surface area contributed by atoms with Crippen molar-refractivity contribution >= 4 is 21.7 Å². The van der Waals surface area contributed by atoms with E-state index in [1.54, 1.807) is 7.05 Å². The summed E-state index contributed by atoms with van der Waals surface area (Å²) in [6.07, 6.45) is 0.612. The summed E-state index contributed by atoms with van der Waals surface area (Å²) in [5.41, 5.74) is 8.05. The molecule has 2 rings (SSSR count). The Kier molecular flexibility index (Phi) is 3.16. The third-order valence-corrected chi connectivity index (χ3v) is 3.09. The monoisotopic (exact) mass is 290 g/mol. The SMILES string of the molecule is Cn1nc(Cc2ccc(Br)cc2)c(C#N)c1N. The quantitative estimate of drug-likeness (QED) is 0.922. The van der Waals surface area contributed by atoms with Crippen molar-refractivity contribution in [2.24, 2.45) is 7.05 Å². The number of aryl methyl sites for hydroxylation is 1. The average Bonchev–Trinajstić information content (AvgIpc) is 2.58. The van der Waals surface area contributed by atoms with Gasteiger partial charge in [0.2, 0.25) is 0 Å². The molecule has 1 aromatic heterocycles. The van der Waals surface area contributed by atoms with Crippen LogP contribution >= 0.6 is 15.9 Å². The van der Waals surface area contributed by atoms with Crippen molar-refractivity contribution in [3.05, 3.63) is 45.6 Å². The second-order valence-corrected chi connectivity index (χ2v) is 4.66. The number of nitrogens with two attached hydrogens (primary N) is 1. The Balaban J connectivity index is 2.34. The van der Waals surface area contributed by atoms with Crippen LogP contribution in [0, 0.1) is 11.3 Å². The van der Waals surface area contributed by atoms with Crippen LogP contribution in [0.3, 0.4) is 0 Å². The topological polar surface area (TPSA) is 67.6 Å². The minimum absolute atomic E-state index is 0.416. The molecular formula is C12H11BrN4. The molecular weight excluding hydrogens is 280 g/mol. The maximum absolute atomic E-state index is 9.04. The van der Waals surface area contributed by atoms with Gasteiger partial charge in [-0.1, -0.05) is 28.1 Å². The zero-order valence-corrected chi connectivity index (χ0v) is 10.9. The highest BCUT2D eigenvalue weighted by Crippen LogP contribution is 2.19. The van der Waals surface area contributed by atoms with Crippen LogP contribution < -0.4 is 5.73 Å². The number of hydrogen-bond donors (Lipinski definition) is 1. The first-order valence-corrected chi connectivity index (χ1v) is 5.87. The number of benzene rings is 1. The van der Waals surface area contributed by atoms with Crippen molar-refractivity contribution in [1.29, 1.82) is 5.26 Å².